The van der Waals surface area contributed by atoms with Crippen molar-refractivity contribution in [2.45, 2.75) is 57.2 Å². The number of aliphatic imine (C=N–C) groups is 1. The van der Waals surface area contributed by atoms with Crippen LogP contribution in [-0.4, -0.2) is 30.2 Å². The number of aromatic nitrogens is 1. The number of nitrogens with one attached hydrogen (secondary N) is 2. The molecule has 30 heavy (non-hydrogen) atoms. The van der Waals surface area contributed by atoms with Gasteiger partial charge < -0.3 is 20.1 Å². The molecule has 0 radical (unpaired) electrons. The molecule has 1 atom stereocenters. The molecule has 7 heteroatoms. The predicted octanol–water partition coefficient (Wildman–Crippen LogP) is 4.60. The number of hydrogen-bond donors (Lipinski definition) is 2. The molecule has 0 amide bonds. The lowest BCUT2D eigenvalue weighted by molar-refractivity contribution is 0.0396. The van der Waals surface area contributed by atoms with Crippen molar-refractivity contribution in [2.75, 3.05) is 13.7 Å². The third-order valence-corrected chi connectivity index (χ3v) is 5.80. The van der Waals surface area contributed by atoms with Crippen LogP contribution in [0.25, 0.3) is 0 Å². The molecule has 6 nitrogen and oxygen atoms in total. The zero-order chi connectivity index (χ0) is 20.1. The van der Waals surface area contributed by atoms with Crippen molar-refractivity contribution in [3.05, 3.63) is 53.7 Å². The Bertz CT molecular complexity index is 868. The fourth-order valence-electron chi connectivity index (χ4n) is 4.41. The number of pyridine rings is 1. The van der Waals surface area contributed by atoms with Gasteiger partial charge in [0.25, 0.3) is 0 Å². The molecule has 1 aromatic heterocycles. The molecule has 2 heterocycles. The molecule has 162 valence electrons. The summed E-state index contributed by atoms with van der Waals surface area (Å²) in [6.07, 6.45) is 7.48. The summed E-state index contributed by atoms with van der Waals surface area (Å²) in [6.45, 7) is 3.22. The largest absolute Gasteiger partial charge is 0.487 e. The van der Waals surface area contributed by atoms with E-state index in [4.69, 9.17) is 9.47 Å². The van der Waals surface area contributed by atoms with E-state index in [0.717, 1.165) is 36.5 Å². The van der Waals surface area contributed by atoms with Gasteiger partial charge in [-0.05, 0) is 50.3 Å². The molecule has 1 spiro atoms. The van der Waals surface area contributed by atoms with E-state index in [0.29, 0.717) is 19.0 Å². The van der Waals surface area contributed by atoms with Crippen molar-refractivity contribution < 1.29 is 9.47 Å². The summed E-state index contributed by atoms with van der Waals surface area (Å²) >= 11 is 0. The Labute approximate surface area is 195 Å². The van der Waals surface area contributed by atoms with Crippen molar-refractivity contribution in [1.82, 2.24) is 15.6 Å². The average Bonchev–Trinajstić information content (AvgIpc) is 3.18. The Kier molecular flexibility index (Phi) is 7.80. The molecule has 4 rings (SSSR count). The number of hydrogen-bond acceptors (Lipinski definition) is 4. The highest BCUT2D eigenvalue weighted by atomic mass is 127. The number of benzene rings is 1. The fraction of sp³-hybridized carbons (Fsp3) is 0.478. The lowest BCUT2D eigenvalue weighted by Crippen LogP contribution is -2.46. The zero-order valence-electron chi connectivity index (χ0n) is 17.7. The van der Waals surface area contributed by atoms with E-state index in [9.17, 15) is 0 Å². The molecule has 2 aromatic rings. The maximum absolute atomic E-state index is 6.47. The van der Waals surface area contributed by atoms with Gasteiger partial charge in [-0.1, -0.05) is 18.2 Å². The van der Waals surface area contributed by atoms with Gasteiger partial charge in [0.05, 0.1) is 12.6 Å². The lowest BCUT2D eigenvalue weighted by atomic mass is 9.86. The number of para-hydroxylation sites is 1. The van der Waals surface area contributed by atoms with E-state index in [1.54, 1.807) is 6.20 Å². The van der Waals surface area contributed by atoms with Gasteiger partial charge in [0.2, 0.25) is 5.88 Å². The molecular weight excluding hydrogens is 491 g/mol. The summed E-state index contributed by atoms with van der Waals surface area (Å²) in [6, 6.07) is 12.5. The summed E-state index contributed by atoms with van der Waals surface area (Å²) in [4.78, 5) is 8.68. The molecule has 0 saturated heterocycles. The molecule has 0 bridgehead atoms. The highest BCUT2D eigenvalue weighted by Crippen LogP contribution is 2.46. The Morgan fingerprint density at radius 1 is 1.27 bits per heavy atom. The van der Waals surface area contributed by atoms with E-state index in [1.165, 1.54) is 18.4 Å². The average molecular weight is 522 g/mol. The first kappa shape index (κ1) is 22.7. The minimum absolute atomic E-state index is 0. The minimum Gasteiger partial charge on any atom is -0.487 e. The molecule has 2 aliphatic rings. The second-order valence-electron chi connectivity index (χ2n) is 7.79. The smallest absolute Gasteiger partial charge is 0.213 e. The lowest BCUT2D eigenvalue weighted by Gasteiger charge is -2.40. The summed E-state index contributed by atoms with van der Waals surface area (Å²) in [7, 11) is 1.81. The van der Waals surface area contributed by atoms with Gasteiger partial charge in [0.15, 0.2) is 5.96 Å². The van der Waals surface area contributed by atoms with E-state index in [-0.39, 0.29) is 35.6 Å². The van der Waals surface area contributed by atoms with Crippen molar-refractivity contribution in [3.8, 4) is 11.6 Å². The molecule has 1 aromatic carbocycles. The van der Waals surface area contributed by atoms with Gasteiger partial charge in [0, 0.05) is 37.8 Å². The van der Waals surface area contributed by atoms with E-state index >= 15 is 0 Å². The number of ether oxygens (including phenoxy) is 2. The third kappa shape index (κ3) is 5.17. The quantitative estimate of drug-likeness (QED) is 0.342. The van der Waals surface area contributed by atoms with Crippen molar-refractivity contribution in [1.29, 1.82) is 0 Å². The second-order valence-corrected chi connectivity index (χ2v) is 7.79. The van der Waals surface area contributed by atoms with Gasteiger partial charge in [-0.25, -0.2) is 4.98 Å². The van der Waals surface area contributed by atoms with Crippen LogP contribution in [0, 0.1) is 0 Å². The van der Waals surface area contributed by atoms with Crippen LogP contribution in [-0.2, 0) is 6.54 Å². The highest BCUT2D eigenvalue weighted by Gasteiger charge is 2.43. The van der Waals surface area contributed by atoms with Crippen LogP contribution in [0.3, 0.4) is 0 Å². The van der Waals surface area contributed by atoms with Gasteiger partial charge in [-0.15, -0.1) is 24.0 Å². The first-order valence-corrected chi connectivity index (χ1v) is 10.5. The molecule has 1 unspecified atom stereocenters. The van der Waals surface area contributed by atoms with Crippen LogP contribution in [0.4, 0.5) is 0 Å². The Morgan fingerprint density at radius 3 is 2.83 bits per heavy atom. The van der Waals surface area contributed by atoms with Crippen LogP contribution >= 0.6 is 24.0 Å². The fourth-order valence-corrected chi connectivity index (χ4v) is 4.41. The number of rotatable bonds is 5. The zero-order valence-corrected chi connectivity index (χ0v) is 20.0. The van der Waals surface area contributed by atoms with Crippen LogP contribution < -0.4 is 20.1 Å². The van der Waals surface area contributed by atoms with Crippen LogP contribution in [0.5, 0.6) is 11.6 Å². The summed E-state index contributed by atoms with van der Waals surface area (Å²) in [5, 5.41) is 7.06. The van der Waals surface area contributed by atoms with Crippen molar-refractivity contribution in [3.63, 3.8) is 0 Å². The molecule has 2 N–H and O–H groups in total. The Hall–Kier alpha value is -2.03. The Morgan fingerprint density at radius 2 is 2.07 bits per heavy atom. The predicted molar refractivity (Wildman–Crippen MR) is 130 cm³/mol. The van der Waals surface area contributed by atoms with Crippen LogP contribution in [0.1, 0.15) is 56.2 Å². The highest BCUT2D eigenvalue weighted by molar-refractivity contribution is 14.0. The topological polar surface area (TPSA) is 67.8 Å². The summed E-state index contributed by atoms with van der Waals surface area (Å²) < 4.78 is 12.0. The third-order valence-electron chi connectivity index (χ3n) is 5.80. The molecule has 1 aliphatic heterocycles. The molecule has 1 fully saturated rings. The second kappa shape index (κ2) is 10.3. The maximum Gasteiger partial charge on any atom is 0.213 e. The van der Waals surface area contributed by atoms with Gasteiger partial charge in [-0.3, -0.25) is 4.99 Å². The van der Waals surface area contributed by atoms with Gasteiger partial charge >= 0.3 is 0 Å². The molecular formula is C23H31IN4O2. The maximum atomic E-state index is 6.47. The van der Waals surface area contributed by atoms with Crippen LogP contribution in [0.2, 0.25) is 0 Å². The van der Waals surface area contributed by atoms with Gasteiger partial charge in [-0.2, -0.15) is 0 Å². The monoisotopic (exact) mass is 522 g/mol. The summed E-state index contributed by atoms with van der Waals surface area (Å²) in [5.41, 5.74) is 2.27. The van der Waals surface area contributed by atoms with E-state index < -0.39 is 0 Å². The first-order chi connectivity index (χ1) is 14.2. The first-order valence-electron chi connectivity index (χ1n) is 10.5. The van der Waals surface area contributed by atoms with Crippen molar-refractivity contribution >= 4 is 29.9 Å². The van der Waals surface area contributed by atoms with Crippen molar-refractivity contribution in [2.24, 2.45) is 4.99 Å². The minimum atomic E-state index is -0.0393. The van der Waals surface area contributed by atoms with Crippen LogP contribution in [0.15, 0.2) is 47.6 Å². The molecule has 1 aliphatic carbocycles. The van der Waals surface area contributed by atoms with E-state index in [1.807, 2.05) is 26.1 Å². The van der Waals surface area contributed by atoms with Gasteiger partial charge in [0.1, 0.15) is 11.4 Å². The number of guanidine groups is 1. The number of fused-ring (bicyclic) bond motifs is 1. The normalized spacial score (nSPS) is 19.4. The molecule has 1 saturated carbocycles. The standard InChI is InChI=1S/C23H30N4O2.HI/c1-3-28-21-14-17(10-13-25-21)16-26-22(24-2)27-19-15-23(11-6-7-12-23)29-20-9-5-4-8-18(19)20;/h4-5,8-10,13-14,19H,3,6-7,11-12,15-16H2,1-2H3,(H2,24,26,27);1H. The van der Waals surface area contributed by atoms with E-state index in [2.05, 4.69) is 44.9 Å². The number of nitrogens with zero attached hydrogens (tertiary/aromatic N) is 2. The Balaban J connectivity index is 0.00000256. The number of halogens is 1. The summed E-state index contributed by atoms with van der Waals surface area (Å²) in [5.74, 6) is 2.44. The SMILES string of the molecule is CCOc1cc(CNC(=NC)NC2CC3(CCCC3)Oc3ccccc32)ccn1.I.